The summed E-state index contributed by atoms with van der Waals surface area (Å²) in [5, 5.41) is 9.26. The number of rotatable bonds is 2. The van der Waals surface area contributed by atoms with Crippen LogP contribution in [0, 0.1) is 5.92 Å². The maximum absolute atomic E-state index is 9.26. The van der Waals surface area contributed by atoms with Gasteiger partial charge in [-0.25, -0.2) is 0 Å². The van der Waals surface area contributed by atoms with Crippen molar-refractivity contribution in [2.45, 2.75) is 19.4 Å². The van der Waals surface area contributed by atoms with Crippen LogP contribution in [0.2, 0.25) is 0 Å². The molecule has 1 aliphatic carbocycles. The van der Waals surface area contributed by atoms with Gasteiger partial charge in [0, 0.05) is 5.92 Å². The lowest BCUT2D eigenvalue weighted by Gasteiger charge is -2.10. The fourth-order valence-electron chi connectivity index (χ4n) is 0.978. The van der Waals surface area contributed by atoms with Crippen LogP contribution in [0.25, 0.3) is 0 Å². The molecule has 1 rings (SSSR count). The third kappa shape index (κ3) is 1.42. The molecule has 0 fully saturated rings. The van der Waals surface area contributed by atoms with Gasteiger partial charge in [0.15, 0.2) is 0 Å². The summed E-state index contributed by atoms with van der Waals surface area (Å²) < 4.78 is 0. The summed E-state index contributed by atoms with van der Waals surface area (Å²) in [7, 11) is 0. The monoisotopic (exact) mass is 124 g/mol. The van der Waals surface area contributed by atoms with Crippen molar-refractivity contribution in [3.05, 3.63) is 24.3 Å². The van der Waals surface area contributed by atoms with E-state index in [1.807, 2.05) is 31.2 Å². The Hall–Kier alpha value is -0.560. The molecule has 0 amide bonds. The average molecular weight is 124 g/mol. The van der Waals surface area contributed by atoms with Crippen LogP contribution in [-0.2, 0) is 0 Å². The van der Waals surface area contributed by atoms with Gasteiger partial charge in [0.2, 0.25) is 0 Å². The van der Waals surface area contributed by atoms with Gasteiger partial charge in [-0.15, -0.1) is 0 Å². The molecule has 0 heterocycles. The highest BCUT2D eigenvalue weighted by molar-refractivity contribution is 5.18. The highest BCUT2D eigenvalue weighted by Crippen LogP contribution is 2.15. The molecule has 1 atom stereocenters. The van der Waals surface area contributed by atoms with Crippen molar-refractivity contribution >= 4 is 0 Å². The van der Waals surface area contributed by atoms with Gasteiger partial charge >= 0.3 is 0 Å². The predicted molar refractivity (Wildman–Crippen MR) is 38.1 cm³/mol. The minimum atomic E-state index is -0.181. The standard InChI is InChI=1S/C8H12O/c1-2-8(9)7-5-3-4-6-7/h3-9H,2H2,1H3. The van der Waals surface area contributed by atoms with Gasteiger partial charge in [0.1, 0.15) is 0 Å². The number of hydrogen-bond acceptors (Lipinski definition) is 1. The van der Waals surface area contributed by atoms with Crippen molar-refractivity contribution in [1.29, 1.82) is 0 Å². The number of aliphatic hydroxyl groups is 1. The van der Waals surface area contributed by atoms with Crippen molar-refractivity contribution in [3.8, 4) is 0 Å². The van der Waals surface area contributed by atoms with Gasteiger partial charge in [-0.3, -0.25) is 0 Å². The van der Waals surface area contributed by atoms with Crippen LogP contribution >= 0.6 is 0 Å². The van der Waals surface area contributed by atoms with Crippen LogP contribution < -0.4 is 0 Å². The molecule has 1 nitrogen and oxygen atoms in total. The molecule has 0 aliphatic heterocycles. The Morgan fingerprint density at radius 3 is 2.44 bits per heavy atom. The van der Waals surface area contributed by atoms with Gasteiger partial charge in [-0.1, -0.05) is 31.2 Å². The van der Waals surface area contributed by atoms with E-state index in [1.165, 1.54) is 0 Å². The second-order valence-corrected chi connectivity index (χ2v) is 2.32. The van der Waals surface area contributed by atoms with E-state index in [1.54, 1.807) is 0 Å². The molecule has 1 N–H and O–H groups in total. The van der Waals surface area contributed by atoms with E-state index in [0.717, 1.165) is 6.42 Å². The third-order valence-corrected chi connectivity index (χ3v) is 1.64. The van der Waals surface area contributed by atoms with E-state index >= 15 is 0 Å². The first kappa shape index (κ1) is 6.56. The van der Waals surface area contributed by atoms with Crippen molar-refractivity contribution < 1.29 is 5.11 Å². The van der Waals surface area contributed by atoms with Crippen LogP contribution in [0.1, 0.15) is 13.3 Å². The maximum Gasteiger partial charge on any atom is 0.0635 e. The van der Waals surface area contributed by atoms with Crippen molar-refractivity contribution in [2.24, 2.45) is 5.92 Å². The molecule has 9 heavy (non-hydrogen) atoms. The van der Waals surface area contributed by atoms with Crippen LogP contribution in [0.5, 0.6) is 0 Å². The molecule has 0 aromatic heterocycles. The quantitative estimate of drug-likeness (QED) is 0.591. The first-order valence-electron chi connectivity index (χ1n) is 3.37. The smallest absolute Gasteiger partial charge is 0.0635 e. The van der Waals surface area contributed by atoms with E-state index < -0.39 is 0 Å². The molecule has 0 aromatic carbocycles. The largest absolute Gasteiger partial charge is 0.392 e. The van der Waals surface area contributed by atoms with E-state index in [0.29, 0.717) is 0 Å². The molecule has 1 heteroatoms. The maximum atomic E-state index is 9.26. The zero-order chi connectivity index (χ0) is 6.69. The normalized spacial score (nSPS) is 21.1. The molecule has 0 aromatic rings. The third-order valence-electron chi connectivity index (χ3n) is 1.64. The molecule has 0 radical (unpaired) electrons. The summed E-state index contributed by atoms with van der Waals surface area (Å²) in [6.45, 7) is 1.99. The molecular weight excluding hydrogens is 112 g/mol. The number of allylic oxidation sites excluding steroid dienone is 2. The molecule has 1 aliphatic rings. The summed E-state index contributed by atoms with van der Waals surface area (Å²) >= 11 is 0. The molecule has 1 unspecified atom stereocenters. The summed E-state index contributed by atoms with van der Waals surface area (Å²) in [5.74, 6) is 0.273. The summed E-state index contributed by atoms with van der Waals surface area (Å²) in [5.41, 5.74) is 0. The molecule has 0 bridgehead atoms. The van der Waals surface area contributed by atoms with Crippen LogP contribution in [0.4, 0.5) is 0 Å². The van der Waals surface area contributed by atoms with Crippen molar-refractivity contribution in [2.75, 3.05) is 0 Å². The van der Waals surface area contributed by atoms with Crippen LogP contribution in [0.15, 0.2) is 24.3 Å². The lowest BCUT2D eigenvalue weighted by atomic mass is 10.0. The Kier molecular flexibility index (Phi) is 2.06. The SMILES string of the molecule is CCC(O)C1C=CC=C1. The lowest BCUT2D eigenvalue weighted by Crippen LogP contribution is -2.13. The molecular formula is C8H12O. The van der Waals surface area contributed by atoms with E-state index in [2.05, 4.69) is 0 Å². The Morgan fingerprint density at radius 1 is 1.44 bits per heavy atom. The minimum Gasteiger partial charge on any atom is -0.392 e. The number of aliphatic hydroxyl groups excluding tert-OH is 1. The van der Waals surface area contributed by atoms with Crippen molar-refractivity contribution in [3.63, 3.8) is 0 Å². The van der Waals surface area contributed by atoms with Gasteiger partial charge in [-0.05, 0) is 6.42 Å². The molecule has 0 saturated carbocycles. The summed E-state index contributed by atoms with van der Waals surface area (Å²) in [6, 6.07) is 0. The Bertz CT molecular complexity index is 124. The van der Waals surface area contributed by atoms with Gasteiger partial charge in [0.25, 0.3) is 0 Å². The van der Waals surface area contributed by atoms with Gasteiger partial charge < -0.3 is 5.11 Å². The Morgan fingerprint density at radius 2 is 2.00 bits per heavy atom. The summed E-state index contributed by atoms with van der Waals surface area (Å²) in [4.78, 5) is 0. The zero-order valence-electron chi connectivity index (χ0n) is 5.62. The molecule has 0 saturated heterocycles. The lowest BCUT2D eigenvalue weighted by molar-refractivity contribution is 0.145. The average Bonchev–Trinajstić information content (AvgIpc) is 2.37. The van der Waals surface area contributed by atoms with E-state index in [9.17, 15) is 5.11 Å². The van der Waals surface area contributed by atoms with Crippen molar-refractivity contribution in [1.82, 2.24) is 0 Å². The fraction of sp³-hybridized carbons (Fsp3) is 0.500. The highest BCUT2D eigenvalue weighted by Gasteiger charge is 2.11. The first-order valence-corrected chi connectivity index (χ1v) is 3.37. The first-order chi connectivity index (χ1) is 4.34. The topological polar surface area (TPSA) is 20.2 Å². The van der Waals surface area contributed by atoms with E-state index in [-0.39, 0.29) is 12.0 Å². The zero-order valence-corrected chi connectivity index (χ0v) is 5.62. The fourth-order valence-corrected chi connectivity index (χ4v) is 0.978. The minimum absolute atomic E-state index is 0.181. The Labute approximate surface area is 55.7 Å². The van der Waals surface area contributed by atoms with Gasteiger partial charge in [-0.2, -0.15) is 0 Å². The van der Waals surface area contributed by atoms with E-state index in [4.69, 9.17) is 0 Å². The van der Waals surface area contributed by atoms with Crippen LogP contribution in [-0.4, -0.2) is 11.2 Å². The second kappa shape index (κ2) is 2.83. The predicted octanol–water partition coefficient (Wildman–Crippen LogP) is 1.50. The van der Waals surface area contributed by atoms with Crippen LogP contribution in [0.3, 0.4) is 0 Å². The molecule has 50 valence electrons. The molecule has 0 spiro atoms. The summed E-state index contributed by atoms with van der Waals surface area (Å²) in [6.07, 6.45) is 8.65. The second-order valence-electron chi connectivity index (χ2n) is 2.32. The van der Waals surface area contributed by atoms with Gasteiger partial charge in [0.05, 0.1) is 6.10 Å². The number of hydrogen-bond donors (Lipinski definition) is 1. The Balaban J connectivity index is 2.43. The highest BCUT2D eigenvalue weighted by atomic mass is 16.3.